The zero-order chi connectivity index (χ0) is 22.1. The average molecular weight is 494 g/mol. The van der Waals surface area contributed by atoms with Crippen molar-refractivity contribution in [3.8, 4) is 0 Å². The standard InChI is InChI=1S/C24H20BrN3O4/c25-22-10-9-20(32-22)23(29)26-17-5-7-18(8-6-17)27-11-13-28(14-12-27)24(30)21-15-16-3-1-2-4-19(16)31-21/h1-10,15H,11-14H2,(H,26,29). The number of benzene rings is 2. The molecule has 1 aliphatic heterocycles. The predicted molar refractivity (Wildman–Crippen MR) is 125 cm³/mol. The molecule has 2 aromatic heterocycles. The minimum Gasteiger partial charge on any atom is -0.451 e. The summed E-state index contributed by atoms with van der Waals surface area (Å²) in [6.45, 7) is 2.67. The Morgan fingerprint density at radius 1 is 0.844 bits per heavy atom. The Hall–Kier alpha value is -3.52. The number of para-hydroxylation sites is 1. The largest absolute Gasteiger partial charge is 0.451 e. The lowest BCUT2D eigenvalue weighted by molar-refractivity contribution is 0.0717. The van der Waals surface area contributed by atoms with Crippen molar-refractivity contribution in [1.29, 1.82) is 0 Å². The van der Waals surface area contributed by atoms with Crippen LogP contribution in [0.3, 0.4) is 0 Å². The van der Waals surface area contributed by atoms with Crippen molar-refractivity contribution in [2.75, 3.05) is 36.4 Å². The van der Waals surface area contributed by atoms with Gasteiger partial charge in [-0.3, -0.25) is 9.59 Å². The third kappa shape index (κ3) is 4.13. The van der Waals surface area contributed by atoms with Crippen LogP contribution in [0.15, 0.2) is 80.2 Å². The quantitative estimate of drug-likeness (QED) is 0.432. The van der Waals surface area contributed by atoms with Crippen LogP contribution in [0.25, 0.3) is 11.0 Å². The van der Waals surface area contributed by atoms with Gasteiger partial charge in [-0.25, -0.2) is 0 Å². The molecule has 2 amide bonds. The van der Waals surface area contributed by atoms with Crippen LogP contribution in [-0.2, 0) is 0 Å². The fourth-order valence-electron chi connectivity index (χ4n) is 3.80. The molecule has 0 unspecified atom stereocenters. The first-order valence-corrected chi connectivity index (χ1v) is 11.1. The topological polar surface area (TPSA) is 78.9 Å². The summed E-state index contributed by atoms with van der Waals surface area (Å²) in [5.74, 6) is 0.235. The van der Waals surface area contributed by atoms with E-state index in [0.717, 1.165) is 29.7 Å². The summed E-state index contributed by atoms with van der Waals surface area (Å²) < 4.78 is 11.5. The van der Waals surface area contributed by atoms with Gasteiger partial charge in [0.1, 0.15) is 5.58 Å². The Kier molecular flexibility index (Phi) is 5.45. The Morgan fingerprint density at radius 3 is 2.28 bits per heavy atom. The first-order valence-electron chi connectivity index (χ1n) is 10.3. The summed E-state index contributed by atoms with van der Waals surface area (Å²) in [7, 11) is 0. The fourth-order valence-corrected chi connectivity index (χ4v) is 4.10. The van der Waals surface area contributed by atoms with Gasteiger partial charge in [-0.05, 0) is 64.5 Å². The molecule has 7 nitrogen and oxygen atoms in total. The van der Waals surface area contributed by atoms with Crippen LogP contribution in [0, 0.1) is 0 Å². The number of nitrogens with one attached hydrogen (secondary N) is 1. The summed E-state index contributed by atoms with van der Waals surface area (Å²) in [4.78, 5) is 29.1. The maximum atomic E-state index is 12.8. The van der Waals surface area contributed by atoms with E-state index in [2.05, 4.69) is 26.1 Å². The lowest BCUT2D eigenvalue weighted by atomic mass is 10.2. The van der Waals surface area contributed by atoms with Gasteiger partial charge in [0.25, 0.3) is 11.8 Å². The minimum atomic E-state index is -0.304. The van der Waals surface area contributed by atoms with E-state index < -0.39 is 0 Å². The van der Waals surface area contributed by atoms with E-state index >= 15 is 0 Å². The molecule has 0 bridgehead atoms. The zero-order valence-corrected chi connectivity index (χ0v) is 18.7. The first kappa shape index (κ1) is 20.4. The zero-order valence-electron chi connectivity index (χ0n) is 17.1. The molecule has 0 spiro atoms. The molecule has 0 atom stereocenters. The van der Waals surface area contributed by atoms with Crippen LogP contribution in [0.1, 0.15) is 21.1 Å². The lowest BCUT2D eigenvalue weighted by Gasteiger charge is -2.35. The van der Waals surface area contributed by atoms with E-state index in [1.807, 2.05) is 53.4 Å². The van der Waals surface area contributed by atoms with Gasteiger partial charge >= 0.3 is 0 Å². The third-order valence-corrected chi connectivity index (χ3v) is 5.92. The number of halogens is 1. The van der Waals surface area contributed by atoms with E-state index in [4.69, 9.17) is 8.83 Å². The molecule has 8 heteroatoms. The number of amides is 2. The highest BCUT2D eigenvalue weighted by molar-refractivity contribution is 9.10. The van der Waals surface area contributed by atoms with Gasteiger partial charge in [-0.15, -0.1) is 0 Å². The van der Waals surface area contributed by atoms with Crippen LogP contribution in [0.4, 0.5) is 11.4 Å². The molecular weight excluding hydrogens is 474 g/mol. The number of rotatable bonds is 4. The first-order chi connectivity index (χ1) is 15.6. The number of piperazine rings is 1. The highest BCUT2D eigenvalue weighted by Gasteiger charge is 2.24. The second kappa shape index (κ2) is 8.55. The number of hydrogen-bond donors (Lipinski definition) is 1. The van der Waals surface area contributed by atoms with Crippen molar-refractivity contribution < 1.29 is 18.4 Å². The Labute approximate surface area is 192 Å². The second-order valence-electron chi connectivity index (χ2n) is 7.53. The van der Waals surface area contributed by atoms with Crippen molar-refractivity contribution in [1.82, 2.24) is 4.90 Å². The Bertz CT molecular complexity index is 1240. The molecule has 3 heterocycles. The van der Waals surface area contributed by atoms with Gasteiger partial charge in [0.05, 0.1) is 0 Å². The van der Waals surface area contributed by atoms with Crippen LogP contribution in [0.5, 0.6) is 0 Å². The van der Waals surface area contributed by atoms with E-state index in [9.17, 15) is 9.59 Å². The highest BCUT2D eigenvalue weighted by Crippen LogP contribution is 2.23. The lowest BCUT2D eigenvalue weighted by Crippen LogP contribution is -2.48. The summed E-state index contributed by atoms with van der Waals surface area (Å²) >= 11 is 3.19. The number of furan rings is 2. The van der Waals surface area contributed by atoms with E-state index in [1.54, 1.807) is 18.2 Å². The van der Waals surface area contributed by atoms with Crippen LogP contribution < -0.4 is 10.2 Å². The molecule has 0 saturated carbocycles. The van der Waals surface area contributed by atoms with Gasteiger partial charge in [0.2, 0.25) is 0 Å². The van der Waals surface area contributed by atoms with Gasteiger partial charge in [0.15, 0.2) is 16.2 Å². The minimum absolute atomic E-state index is 0.0801. The molecule has 1 fully saturated rings. The number of nitrogens with zero attached hydrogens (tertiary/aromatic N) is 2. The molecule has 32 heavy (non-hydrogen) atoms. The van der Waals surface area contributed by atoms with E-state index in [-0.39, 0.29) is 17.6 Å². The van der Waals surface area contributed by atoms with Crippen molar-refractivity contribution >= 4 is 50.1 Å². The number of carbonyl (C=O) groups is 2. The predicted octanol–water partition coefficient (Wildman–Crippen LogP) is 5.00. The Morgan fingerprint density at radius 2 is 1.59 bits per heavy atom. The van der Waals surface area contributed by atoms with Crippen LogP contribution in [0.2, 0.25) is 0 Å². The molecule has 1 N–H and O–H groups in total. The highest BCUT2D eigenvalue weighted by atomic mass is 79.9. The number of anilines is 2. The van der Waals surface area contributed by atoms with E-state index in [1.165, 1.54) is 0 Å². The number of hydrogen-bond acceptors (Lipinski definition) is 5. The van der Waals surface area contributed by atoms with E-state index in [0.29, 0.717) is 29.2 Å². The fraction of sp³-hybridized carbons (Fsp3) is 0.167. The molecule has 0 aliphatic carbocycles. The summed E-state index contributed by atoms with van der Waals surface area (Å²) in [6.07, 6.45) is 0. The molecule has 2 aromatic carbocycles. The molecule has 5 rings (SSSR count). The smallest absolute Gasteiger partial charge is 0.291 e. The van der Waals surface area contributed by atoms with Gasteiger partial charge in [-0.2, -0.15) is 0 Å². The second-order valence-corrected chi connectivity index (χ2v) is 8.31. The summed E-state index contributed by atoms with van der Waals surface area (Å²) in [6, 6.07) is 20.4. The van der Waals surface area contributed by atoms with Crippen LogP contribution >= 0.6 is 15.9 Å². The van der Waals surface area contributed by atoms with Crippen molar-refractivity contribution in [3.05, 3.63) is 82.9 Å². The number of carbonyl (C=O) groups excluding carboxylic acids is 2. The van der Waals surface area contributed by atoms with Crippen LogP contribution in [-0.4, -0.2) is 42.9 Å². The summed E-state index contributed by atoms with van der Waals surface area (Å²) in [5, 5.41) is 3.75. The van der Waals surface area contributed by atoms with Crippen molar-refractivity contribution in [3.63, 3.8) is 0 Å². The molecular formula is C24H20BrN3O4. The third-order valence-electron chi connectivity index (χ3n) is 5.49. The van der Waals surface area contributed by atoms with Crippen molar-refractivity contribution in [2.24, 2.45) is 0 Å². The number of fused-ring (bicyclic) bond motifs is 1. The summed E-state index contributed by atoms with van der Waals surface area (Å²) in [5.41, 5.74) is 2.45. The SMILES string of the molecule is O=C(Nc1ccc(N2CCN(C(=O)c3cc4ccccc4o3)CC2)cc1)c1ccc(Br)o1. The molecule has 1 aliphatic rings. The monoisotopic (exact) mass is 493 g/mol. The average Bonchev–Trinajstić information content (AvgIpc) is 3.45. The maximum absolute atomic E-state index is 12.8. The van der Waals surface area contributed by atoms with Gasteiger partial charge < -0.3 is 24.0 Å². The van der Waals surface area contributed by atoms with Gasteiger partial charge in [0, 0.05) is 42.9 Å². The normalized spacial score (nSPS) is 14.0. The molecule has 4 aromatic rings. The van der Waals surface area contributed by atoms with Crippen molar-refractivity contribution in [2.45, 2.75) is 0 Å². The van der Waals surface area contributed by atoms with Gasteiger partial charge in [-0.1, -0.05) is 18.2 Å². The molecule has 0 radical (unpaired) electrons. The molecule has 162 valence electrons. The molecule has 1 saturated heterocycles. The maximum Gasteiger partial charge on any atom is 0.291 e. The Balaban J connectivity index is 1.18.